The Balaban J connectivity index is 1.57. The van der Waals surface area contributed by atoms with Gasteiger partial charge in [0.15, 0.2) is 5.58 Å². The first-order chi connectivity index (χ1) is 14.0. The van der Waals surface area contributed by atoms with Crippen LogP contribution in [0.5, 0.6) is 0 Å². The van der Waals surface area contributed by atoms with Gasteiger partial charge >= 0.3 is 0 Å². The van der Waals surface area contributed by atoms with Crippen molar-refractivity contribution < 1.29 is 14.0 Å². The Kier molecular flexibility index (Phi) is 4.72. The first-order valence-electron chi connectivity index (χ1n) is 9.21. The minimum atomic E-state index is -0.633. The lowest BCUT2D eigenvalue weighted by Gasteiger charge is -2.14. The molecule has 0 aliphatic carbocycles. The Hall–Kier alpha value is -3.74. The summed E-state index contributed by atoms with van der Waals surface area (Å²) in [6, 6.07) is 16.9. The predicted molar refractivity (Wildman–Crippen MR) is 108 cm³/mol. The molecule has 0 aliphatic rings. The van der Waals surface area contributed by atoms with Gasteiger partial charge in [-0.3, -0.25) is 9.59 Å². The van der Waals surface area contributed by atoms with Gasteiger partial charge in [0.05, 0.1) is 29.2 Å². The van der Waals surface area contributed by atoms with Crippen molar-refractivity contribution >= 4 is 22.8 Å². The van der Waals surface area contributed by atoms with Gasteiger partial charge in [-0.05, 0) is 38.1 Å². The summed E-state index contributed by atoms with van der Waals surface area (Å²) in [5.74, 6) is -0.852. The SMILES string of the molecule is Cc1nn(-c2ccccc2)c(C)c1C(=O)C(=O)N(C)Cc1nc2ccccc2o1. The van der Waals surface area contributed by atoms with E-state index in [1.807, 2.05) is 54.6 Å². The summed E-state index contributed by atoms with van der Waals surface area (Å²) in [5.41, 5.74) is 3.65. The molecule has 7 nitrogen and oxygen atoms in total. The molecule has 0 bridgehead atoms. The van der Waals surface area contributed by atoms with Gasteiger partial charge in [0, 0.05) is 7.05 Å². The number of carbonyl (C=O) groups excluding carboxylic acids is 2. The van der Waals surface area contributed by atoms with Crippen LogP contribution in [-0.4, -0.2) is 38.4 Å². The quantitative estimate of drug-likeness (QED) is 0.386. The number of oxazole rings is 1. The Bertz CT molecular complexity index is 1170. The van der Waals surface area contributed by atoms with Crippen LogP contribution in [-0.2, 0) is 11.3 Å². The second-order valence-corrected chi connectivity index (χ2v) is 6.86. The number of ketones is 1. The van der Waals surface area contributed by atoms with E-state index < -0.39 is 11.7 Å². The van der Waals surface area contributed by atoms with Gasteiger partial charge in [0.25, 0.3) is 11.7 Å². The number of aromatic nitrogens is 3. The van der Waals surface area contributed by atoms with E-state index in [-0.39, 0.29) is 6.54 Å². The van der Waals surface area contributed by atoms with E-state index in [1.165, 1.54) is 4.90 Å². The number of hydrogen-bond donors (Lipinski definition) is 0. The fourth-order valence-corrected chi connectivity index (χ4v) is 3.33. The molecule has 0 N–H and O–H groups in total. The van der Waals surface area contributed by atoms with Crippen molar-refractivity contribution in [2.75, 3.05) is 7.05 Å². The fourth-order valence-electron chi connectivity index (χ4n) is 3.33. The molecule has 2 heterocycles. The van der Waals surface area contributed by atoms with Crippen molar-refractivity contribution in [3.8, 4) is 5.69 Å². The van der Waals surface area contributed by atoms with E-state index in [9.17, 15) is 9.59 Å². The number of rotatable bonds is 5. The van der Waals surface area contributed by atoms with E-state index in [0.717, 1.165) is 5.69 Å². The molecule has 0 unspecified atom stereocenters. The predicted octanol–water partition coefficient (Wildman–Crippen LogP) is 3.47. The molecule has 1 amide bonds. The molecular formula is C22H20N4O3. The van der Waals surface area contributed by atoms with Crippen LogP contribution >= 0.6 is 0 Å². The summed E-state index contributed by atoms with van der Waals surface area (Å²) in [7, 11) is 1.56. The minimum Gasteiger partial charge on any atom is -0.439 e. The van der Waals surface area contributed by atoms with Crippen molar-refractivity contribution in [2.45, 2.75) is 20.4 Å². The van der Waals surface area contributed by atoms with Crippen molar-refractivity contribution in [3.63, 3.8) is 0 Å². The Labute approximate surface area is 167 Å². The molecule has 0 aliphatic heterocycles. The molecule has 0 saturated carbocycles. The summed E-state index contributed by atoms with van der Waals surface area (Å²) in [6.07, 6.45) is 0. The minimum absolute atomic E-state index is 0.101. The lowest BCUT2D eigenvalue weighted by Crippen LogP contribution is -2.33. The summed E-state index contributed by atoms with van der Waals surface area (Å²) in [5, 5.41) is 4.45. The zero-order valence-electron chi connectivity index (χ0n) is 16.4. The maximum atomic E-state index is 12.9. The van der Waals surface area contributed by atoms with E-state index in [4.69, 9.17) is 4.42 Å². The third-order valence-corrected chi connectivity index (χ3v) is 4.77. The summed E-state index contributed by atoms with van der Waals surface area (Å²) < 4.78 is 7.33. The smallest absolute Gasteiger partial charge is 0.295 e. The molecule has 4 rings (SSSR count). The van der Waals surface area contributed by atoms with Crippen LogP contribution in [0.1, 0.15) is 27.6 Å². The summed E-state index contributed by atoms with van der Waals surface area (Å²) in [4.78, 5) is 31.4. The van der Waals surface area contributed by atoms with E-state index in [2.05, 4.69) is 10.1 Å². The molecule has 7 heteroatoms. The van der Waals surface area contributed by atoms with E-state index in [0.29, 0.717) is 33.9 Å². The van der Waals surface area contributed by atoms with Gasteiger partial charge < -0.3 is 9.32 Å². The molecule has 29 heavy (non-hydrogen) atoms. The number of likely N-dealkylation sites (N-methyl/N-ethyl adjacent to an activating group) is 1. The molecule has 2 aromatic carbocycles. The first-order valence-corrected chi connectivity index (χ1v) is 9.21. The number of Topliss-reactive ketones (excluding diaryl/α,β-unsaturated/α-hetero) is 1. The topological polar surface area (TPSA) is 81.2 Å². The Morgan fingerprint density at radius 2 is 1.72 bits per heavy atom. The van der Waals surface area contributed by atoms with Crippen LogP contribution in [0.3, 0.4) is 0 Å². The first kappa shape index (κ1) is 18.6. The summed E-state index contributed by atoms with van der Waals surface area (Å²) in [6.45, 7) is 3.62. The zero-order valence-corrected chi connectivity index (χ0v) is 16.4. The van der Waals surface area contributed by atoms with Crippen molar-refractivity contribution in [3.05, 3.63) is 77.4 Å². The normalized spacial score (nSPS) is 11.0. The number of aryl methyl sites for hydroxylation is 1. The van der Waals surface area contributed by atoms with Crippen LogP contribution in [0.25, 0.3) is 16.8 Å². The second kappa shape index (κ2) is 7.35. The molecule has 4 aromatic rings. The van der Waals surface area contributed by atoms with Crippen LogP contribution in [0.2, 0.25) is 0 Å². The van der Waals surface area contributed by atoms with Gasteiger partial charge in [0.2, 0.25) is 5.89 Å². The van der Waals surface area contributed by atoms with E-state index >= 15 is 0 Å². The highest BCUT2D eigenvalue weighted by molar-refractivity contribution is 6.43. The van der Waals surface area contributed by atoms with Crippen LogP contribution in [0.4, 0.5) is 0 Å². The Morgan fingerprint density at radius 3 is 2.45 bits per heavy atom. The number of amides is 1. The fraction of sp³-hybridized carbons (Fsp3) is 0.182. The highest BCUT2D eigenvalue weighted by atomic mass is 16.3. The van der Waals surface area contributed by atoms with Crippen molar-refractivity contribution in [1.82, 2.24) is 19.7 Å². The summed E-state index contributed by atoms with van der Waals surface area (Å²) >= 11 is 0. The van der Waals surface area contributed by atoms with Crippen molar-refractivity contribution in [1.29, 1.82) is 0 Å². The van der Waals surface area contributed by atoms with Crippen LogP contribution in [0, 0.1) is 13.8 Å². The Morgan fingerprint density at radius 1 is 1.03 bits per heavy atom. The molecule has 0 fully saturated rings. The molecule has 0 spiro atoms. The molecule has 146 valence electrons. The number of fused-ring (bicyclic) bond motifs is 1. The van der Waals surface area contributed by atoms with Gasteiger partial charge in [0.1, 0.15) is 5.52 Å². The highest BCUT2D eigenvalue weighted by Crippen LogP contribution is 2.20. The monoisotopic (exact) mass is 388 g/mol. The third-order valence-electron chi connectivity index (χ3n) is 4.77. The molecular weight excluding hydrogens is 368 g/mol. The molecule has 2 aromatic heterocycles. The van der Waals surface area contributed by atoms with Gasteiger partial charge in [-0.25, -0.2) is 9.67 Å². The third kappa shape index (κ3) is 3.42. The maximum Gasteiger partial charge on any atom is 0.295 e. The number of benzene rings is 2. The van der Waals surface area contributed by atoms with Gasteiger partial charge in [-0.15, -0.1) is 0 Å². The number of hydrogen-bond acceptors (Lipinski definition) is 5. The zero-order chi connectivity index (χ0) is 20.5. The van der Waals surface area contributed by atoms with E-state index in [1.54, 1.807) is 25.6 Å². The lowest BCUT2D eigenvalue weighted by atomic mass is 10.1. The number of nitrogens with zero attached hydrogens (tertiary/aromatic N) is 4. The maximum absolute atomic E-state index is 12.9. The van der Waals surface area contributed by atoms with Gasteiger partial charge in [-0.2, -0.15) is 5.10 Å². The average molecular weight is 388 g/mol. The highest BCUT2D eigenvalue weighted by Gasteiger charge is 2.28. The number of para-hydroxylation sites is 3. The largest absolute Gasteiger partial charge is 0.439 e. The second-order valence-electron chi connectivity index (χ2n) is 6.86. The van der Waals surface area contributed by atoms with Crippen LogP contribution < -0.4 is 0 Å². The average Bonchev–Trinajstić information content (AvgIpc) is 3.27. The number of carbonyl (C=O) groups is 2. The van der Waals surface area contributed by atoms with Crippen LogP contribution in [0.15, 0.2) is 59.0 Å². The lowest BCUT2D eigenvalue weighted by molar-refractivity contribution is -0.126. The van der Waals surface area contributed by atoms with Gasteiger partial charge in [-0.1, -0.05) is 30.3 Å². The standard InChI is InChI=1S/C22H20N4O3/c1-14-20(15(2)26(24-14)16-9-5-4-6-10-16)21(27)22(28)25(3)13-19-23-17-11-7-8-12-18(17)29-19/h4-12H,13H2,1-3H3. The molecule has 0 saturated heterocycles. The van der Waals surface area contributed by atoms with Crippen molar-refractivity contribution in [2.24, 2.45) is 0 Å². The molecule has 0 atom stereocenters. The molecule has 0 radical (unpaired) electrons.